The molecular formula is C29H36FN5O3. The number of hydrogen-bond donors (Lipinski definition) is 3. The Balaban J connectivity index is 1.46. The highest BCUT2D eigenvalue weighted by Crippen LogP contribution is 2.22. The van der Waals surface area contributed by atoms with Gasteiger partial charge < -0.3 is 20.5 Å². The lowest BCUT2D eigenvalue weighted by atomic mass is 9.98. The summed E-state index contributed by atoms with van der Waals surface area (Å²) in [5, 5.41) is 5.64. The SMILES string of the molecule is CC[C@H]1CCCCN1C(=O)CC(NC(=O)CCc1ccccc1)C(=O)NC(C)c1nc2c(F)cccc2[nH]1. The zero-order valence-electron chi connectivity index (χ0n) is 22.0. The first-order chi connectivity index (χ1) is 18.4. The lowest BCUT2D eigenvalue weighted by molar-refractivity contribution is -0.139. The number of fused-ring (bicyclic) bond motifs is 1. The number of aryl methyl sites for hydroxylation is 1. The Bertz CT molecular complexity index is 1260. The number of piperidine rings is 1. The van der Waals surface area contributed by atoms with Gasteiger partial charge in [-0.25, -0.2) is 9.37 Å². The molecule has 3 amide bonds. The number of hydrogen-bond acceptors (Lipinski definition) is 4. The maximum atomic E-state index is 14.1. The first-order valence-electron chi connectivity index (χ1n) is 13.4. The second-order valence-corrected chi connectivity index (χ2v) is 9.94. The summed E-state index contributed by atoms with van der Waals surface area (Å²) in [7, 11) is 0. The number of H-pyrrole nitrogens is 1. The molecule has 3 aromatic rings. The van der Waals surface area contributed by atoms with Gasteiger partial charge in [-0.3, -0.25) is 14.4 Å². The molecule has 202 valence electrons. The molecule has 0 radical (unpaired) electrons. The number of amides is 3. The highest BCUT2D eigenvalue weighted by atomic mass is 19.1. The van der Waals surface area contributed by atoms with E-state index in [1.807, 2.05) is 35.2 Å². The van der Waals surface area contributed by atoms with Crippen molar-refractivity contribution in [2.75, 3.05) is 6.54 Å². The molecule has 0 bridgehead atoms. The van der Waals surface area contributed by atoms with Crippen LogP contribution in [-0.4, -0.2) is 51.2 Å². The maximum absolute atomic E-state index is 14.1. The molecule has 3 atom stereocenters. The summed E-state index contributed by atoms with van der Waals surface area (Å²) in [6.45, 7) is 4.44. The fourth-order valence-corrected chi connectivity index (χ4v) is 5.03. The van der Waals surface area contributed by atoms with Crippen LogP contribution in [0.3, 0.4) is 0 Å². The molecule has 1 fully saturated rings. The van der Waals surface area contributed by atoms with Gasteiger partial charge in [-0.15, -0.1) is 0 Å². The summed E-state index contributed by atoms with van der Waals surface area (Å²) in [5.41, 5.74) is 1.74. The Labute approximate surface area is 222 Å². The lowest BCUT2D eigenvalue weighted by Crippen LogP contribution is -2.52. The predicted octanol–water partition coefficient (Wildman–Crippen LogP) is 4.18. The quantitative estimate of drug-likeness (QED) is 0.372. The van der Waals surface area contributed by atoms with Crippen molar-refractivity contribution in [1.82, 2.24) is 25.5 Å². The normalized spacial score (nSPS) is 17.1. The molecule has 0 spiro atoms. The van der Waals surface area contributed by atoms with E-state index in [2.05, 4.69) is 27.5 Å². The van der Waals surface area contributed by atoms with Crippen molar-refractivity contribution >= 4 is 28.8 Å². The Morgan fingerprint density at radius 3 is 2.63 bits per heavy atom. The van der Waals surface area contributed by atoms with Crippen LogP contribution in [0, 0.1) is 5.82 Å². The Kier molecular flexibility index (Phi) is 9.10. The molecule has 2 aromatic carbocycles. The van der Waals surface area contributed by atoms with Crippen LogP contribution < -0.4 is 10.6 Å². The summed E-state index contributed by atoms with van der Waals surface area (Å²) in [6, 6.07) is 12.8. The van der Waals surface area contributed by atoms with Gasteiger partial charge in [0.1, 0.15) is 17.4 Å². The van der Waals surface area contributed by atoms with E-state index in [1.54, 1.807) is 19.1 Å². The van der Waals surface area contributed by atoms with Crippen molar-refractivity contribution in [2.24, 2.45) is 0 Å². The van der Waals surface area contributed by atoms with Gasteiger partial charge in [0.05, 0.1) is 18.0 Å². The van der Waals surface area contributed by atoms with Gasteiger partial charge in [0, 0.05) is 19.0 Å². The smallest absolute Gasteiger partial charge is 0.243 e. The minimum Gasteiger partial charge on any atom is -0.345 e. The van der Waals surface area contributed by atoms with Crippen molar-refractivity contribution in [2.45, 2.75) is 76.9 Å². The summed E-state index contributed by atoms with van der Waals surface area (Å²) in [6.07, 6.45) is 4.41. The van der Waals surface area contributed by atoms with E-state index in [9.17, 15) is 18.8 Å². The van der Waals surface area contributed by atoms with E-state index >= 15 is 0 Å². The molecule has 3 N–H and O–H groups in total. The van der Waals surface area contributed by atoms with Gasteiger partial charge in [-0.05, 0) is 56.7 Å². The van der Waals surface area contributed by atoms with Crippen LogP contribution in [0.25, 0.3) is 11.0 Å². The molecule has 8 nitrogen and oxygen atoms in total. The lowest BCUT2D eigenvalue weighted by Gasteiger charge is -2.36. The number of rotatable bonds is 10. The number of benzene rings is 2. The number of imidazole rings is 1. The fourth-order valence-electron chi connectivity index (χ4n) is 5.03. The third-order valence-corrected chi connectivity index (χ3v) is 7.18. The van der Waals surface area contributed by atoms with Crippen LogP contribution in [0.4, 0.5) is 4.39 Å². The highest BCUT2D eigenvalue weighted by Gasteiger charge is 2.31. The third-order valence-electron chi connectivity index (χ3n) is 7.18. The first kappa shape index (κ1) is 27.3. The number of halogens is 1. The van der Waals surface area contributed by atoms with Gasteiger partial charge in [0.2, 0.25) is 17.7 Å². The number of likely N-dealkylation sites (tertiary alicyclic amines) is 1. The number of para-hydroxylation sites is 1. The van der Waals surface area contributed by atoms with Crippen LogP contribution in [0.15, 0.2) is 48.5 Å². The van der Waals surface area contributed by atoms with Crippen LogP contribution in [-0.2, 0) is 20.8 Å². The van der Waals surface area contributed by atoms with Crippen LogP contribution in [0.2, 0.25) is 0 Å². The number of aromatic nitrogens is 2. The molecular weight excluding hydrogens is 485 g/mol. The largest absolute Gasteiger partial charge is 0.345 e. The van der Waals surface area contributed by atoms with Gasteiger partial charge in [-0.2, -0.15) is 0 Å². The van der Waals surface area contributed by atoms with Crippen LogP contribution >= 0.6 is 0 Å². The standard InChI is InChI=1S/C29H36FN5O3/c1-3-21-12-7-8-17-35(21)26(37)18-24(32-25(36)16-15-20-10-5-4-6-11-20)29(38)31-19(2)28-33-23-14-9-13-22(30)27(23)34-28/h4-6,9-11,13-14,19,21,24H,3,7-8,12,15-18H2,1-2H3,(H,31,38)(H,32,36)(H,33,34)/t19?,21-,24?/m0/s1. The number of nitrogens with zero attached hydrogens (tertiary/aromatic N) is 2. The number of carbonyl (C=O) groups is 3. The Morgan fingerprint density at radius 2 is 1.89 bits per heavy atom. The van der Waals surface area contributed by atoms with E-state index in [0.29, 0.717) is 24.3 Å². The first-order valence-corrected chi connectivity index (χ1v) is 13.4. The number of carbonyl (C=O) groups excluding carboxylic acids is 3. The monoisotopic (exact) mass is 521 g/mol. The maximum Gasteiger partial charge on any atom is 0.243 e. The van der Waals surface area contributed by atoms with Crippen molar-refractivity contribution in [3.63, 3.8) is 0 Å². The predicted molar refractivity (Wildman–Crippen MR) is 144 cm³/mol. The van der Waals surface area contributed by atoms with E-state index in [0.717, 1.165) is 31.2 Å². The van der Waals surface area contributed by atoms with E-state index in [-0.39, 0.29) is 36.2 Å². The minimum absolute atomic E-state index is 0.124. The summed E-state index contributed by atoms with van der Waals surface area (Å²) in [5.74, 6) is -0.986. The van der Waals surface area contributed by atoms with Gasteiger partial charge in [-0.1, -0.05) is 43.3 Å². The van der Waals surface area contributed by atoms with Crippen molar-refractivity contribution in [3.05, 3.63) is 65.7 Å². The molecule has 1 aromatic heterocycles. The molecule has 9 heteroatoms. The average molecular weight is 522 g/mol. The summed E-state index contributed by atoms with van der Waals surface area (Å²) in [4.78, 5) is 48.7. The van der Waals surface area contributed by atoms with E-state index in [1.165, 1.54) is 6.07 Å². The second-order valence-electron chi connectivity index (χ2n) is 9.94. The number of aromatic amines is 1. The van der Waals surface area contributed by atoms with Gasteiger partial charge in [0.25, 0.3) is 0 Å². The zero-order valence-corrected chi connectivity index (χ0v) is 22.0. The second kappa shape index (κ2) is 12.7. The topological polar surface area (TPSA) is 107 Å². The van der Waals surface area contributed by atoms with Crippen LogP contribution in [0.1, 0.15) is 69.8 Å². The minimum atomic E-state index is -1.03. The fraction of sp³-hybridized carbons (Fsp3) is 0.448. The van der Waals surface area contributed by atoms with E-state index < -0.39 is 23.8 Å². The molecule has 0 aliphatic carbocycles. The molecule has 1 saturated heterocycles. The molecule has 4 rings (SSSR count). The molecule has 2 heterocycles. The number of nitrogens with one attached hydrogen (secondary N) is 3. The summed E-state index contributed by atoms with van der Waals surface area (Å²) < 4.78 is 14.1. The zero-order chi connectivity index (χ0) is 27.1. The summed E-state index contributed by atoms with van der Waals surface area (Å²) >= 11 is 0. The third kappa shape index (κ3) is 6.76. The molecule has 1 aliphatic heterocycles. The van der Waals surface area contributed by atoms with E-state index in [4.69, 9.17) is 0 Å². The van der Waals surface area contributed by atoms with Crippen molar-refractivity contribution < 1.29 is 18.8 Å². The molecule has 2 unspecified atom stereocenters. The molecule has 0 saturated carbocycles. The van der Waals surface area contributed by atoms with Gasteiger partial charge in [0.15, 0.2) is 5.82 Å². The Morgan fingerprint density at radius 1 is 1.11 bits per heavy atom. The molecule has 1 aliphatic rings. The van der Waals surface area contributed by atoms with Crippen LogP contribution in [0.5, 0.6) is 0 Å². The highest BCUT2D eigenvalue weighted by molar-refractivity contribution is 5.92. The van der Waals surface area contributed by atoms with Gasteiger partial charge >= 0.3 is 0 Å². The van der Waals surface area contributed by atoms with Crippen molar-refractivity contribution in [3.8, 4) is 0 Å². The van der Waals surface area contributed by atoms with Crippen molar-refractivity contribution in [1.29, 1.82) is 0 Å². The molecule has 38 heavy (non-hydrogen) atoms. The average Bonchev–Trinajstić information content (AvgIpc) is 3.38. The Hall–Kier alpha value is -3.75.